The van der Waals surface area contributed by atoms with E-state index in [0.29, 0.717) is 25.7 Å². The van der Waals surface area contributed by atoms with Crippen LogP contribution in [0.1, 0.15) is 39.0 Å². The molecule has 0 bridgehead atoms. The van der Waals surface area contributed by atoms with E-state index in [2.05, 4.69) is 0 Å². The smallest absolute Gasteiger partial charge is 0.434 e. The second kappa shape index (κ2) is 8.39. The number of hydrogen-bond donors (Lipinski definition) is 0. The van der Waals surface area contributed by atoms with Crippen LogP contribution >= 0.6 is 0 Å². The van der Waals surface area contributed by atoms with Crippen LogP contribution in [-0.4, -0.2) is 32.6 Å². The Bertz CT molecular complexity index is 187. The Labute approximate surface area is 97.2 Å². The highest BCUT2D eigenvalue weighted by Gasteiger charge is 2.15. The summed E-state index contributed by atoms with van der Waals surface area (Å²) in [5.74, 6) is 0.535. The van der Waals surface area contributed by atoms with Gasteiger partial charge in [-0.1, -0.05) is 19.3 Å². The molecule has 94 valence electrons. The van der Waals surface area contributed by atoms with E-state index in [9.17, 15) is 4.79 Å². The summed E-state index contributed by atoms with van der Waals surface area (Å²) >= 11 is 0. The molecule has 1 aliphatic rings. The monoisotopic (exact) mass is 230 g/mol. The molecule has 0 aromatic rings. The number of carbonyl (C=O) groups excluding carboxylic acids is 1. The number of carbonyl (C=O) groups is 1. The minimum atomic E-state index is -0.565. The van der Waals surface area contributed by atoms with E-state index in [4.69, 9.17) is 14.2 Å². The molecule has 0 atom stereocenters. The molecule has 1 fully saturated rings. The van der Waals surface area contributed by atoms with Crippen LogP contribution in [0.4, 0.5) is 4.79 Å². The van der Waals surface area contributed by atoms with E-state index in [1.807, 2.05) is 6.92 Å². The van der Waals surface area contributed by atoms with Crippen LogP contribution in [0, 0.1) is 5.92 Å². The molecule has 0 aliphatic heterocycles. The first-order chi connectivity index (χ1) is 7.83. The molecular formula is C12H22O4. The summed E-state index contributed by atoms with van der Waals surface area (Å²) in [5, 5.41) is 0. The van der Waals surface area contributed by atoms with Crippen LogP contribution < -0.4 is 0 Å². The zero-order valence-electron chi connectivity index (χ0n) is 10.1. The number of ether oxygens (including phenoxy) is 3. The van der Waals surface area contributed by atoms with Gasteiger partial charge in [0.05, 0.1) is 13.2 Å². The first kappa shape index (κ1) is 13.3. The lowest BCUT2D eigenvalue weighted by Crippen LogP contribution is -2.18. The molecule has 0 heterocycles. The van der Waals surface area contributed by atoms with Crippen molar-refractivity contribution in [2.45, 2.75) is 39.0 Å². The average molecular weight is 230 g/mol. The van der Waals surface area contributed by atoms with Crippen LogP contribution in [0.15, 0.2) is 0 Å². The Balaban J connectivity index is 1.96. The SMILES string of the molecule is CCOCCOC(=O)OCC1CCCCC1. The molecule has 1 rings (SSSR count). The molecular weight excluding hydrogens is 208 g/mol. The van der Waals surface area contributed by atoms with E-state index in [1.54, 1.807) is 0 Å². The molecule has 0 radical (unpaired) electrons. The van der Waals surface area contributed by atoms with Crippen LogP contribution in [0.3, 0.4) is 0 Å². The van der Waals surface area contributed by atoms with Crippen LogP contribution in [-0.2, 0) is 14.2 Å². The van der Waals surface area contributed by atoms with Crippen molar-refractivity contribution in [3.8, 4) is 0 Å². The maximum absolute atomic E-state index is 11.1. The zero-order chi connectivity index (χ0) is 11.6. The minimum Gasteiger partial charge on any atom is -0.434 e. The van der Waals surface area contributed by atoms with Crippen molar-refractivity contribution >= 4 is 6.16 Å². The third-order valence-corrected chi connectivity index (χ3v) is 2.81. The van der Waals surface area contributed by atoms with Crippen LogP contribution in [0.2, 0.25) is 0 Å². The van der Waals surface area contributed by atoms with Gasteiger partial charge in [0.15, 0.2) is 0 Å². The van der Waals surface area contributed by atoms with Gasteiger partial charge in [-0.25, -0.2) is 4.79 Å². The third-order valence-electron chi connectivity index (χ3n) is 2.81. The molecule has 4 heteroatoms. The van der Waals surface area contributed by atoms with Crippen LogP contribution in [0.25, 0.3) is 0 Å². The predicted octanol–water partition coefficient (Wildman–Crippen LogP) is 2.76. The topological polar surface area (TPSA) is 44.8 Å². The molecule has 0 aromatic heterocycles. The summed E-state index contributed by atoms with van der Waals surface area (Å²) in [5.41, 5.74) is 0. The number of rotatable bonds is 6. The lowest BCUT2D eigenvalue weighted by molar-refractivity contribution is 0.0194. The average Bonchev–Trinajstić information content (AvgIpc) is 2.33. The Hall–Kier alpha value is -0.770. The van der Waals surface area contributed by atoms with Gasteiger partial charge in [0.2, 0.25) is 0 Å². The standard InChI is InChI=1S/C12H22O4/c1-2-14-8-9-15-12(13)16-10-11-6-4-3-5-7-11/h11H,2-10H2,1H3. The normalized spacial score (nSPS) is 17.1. The summed E-state index contributed by atoms with van der Waals surface area (Å²) < 4.78 is 14.9. The lowest BCUT2D eigenvalue weighted by atomic mass is 9.90. The second-order valence-corrected chi connectivity index (χ2v) is 4.11. The quantitative estimate of drug-likeness (QED) is 0.520. The highest BCUT2D eigenvalue weighted by molar-refractivity contribution is 5.59. The highest BCUT2D eigenvalue weighted by Crippen LogP contribution is 2.23. The van der Waals surface area contributed by atoms with Gasteiger partial charge in [0.25, 0.3) is 0 Å². The van der Waals surface area contributed by atoms with E-state index in [-0.39, 0.29) is 6.61 Å². The van der Waals surface area contributed by atoms with Gasteiger partial charge in [0, 0.05) is 6.61 Å². The van der Waals surface area contributed by atoms with Gasteiger partial charge in [-0.05, 0) is 25.7 Å². The molecule has 1 aliphatic carbocycles. The maximum Gasteiger partial charge on any atom is 0.508 e. The molecule has 0 aromatic carbocycles. The molecule has 0 saturated heterocycles. The van der Waals surface area contributed by atoms with Gasteiger partial charge in [-0.15, -0.1) is 0 Å². The van der Waals surface area contributed by atoms with E-state index in [0.717, 1.165) is 0 Å². The zero-order valence-corrected chi connectivity index (χ0v) is 10.1. The van der Waals surface area contributed by atoms with Crippen molar-refractivity contribution in [1.29, 1.82) is 0 Å². The van der Waals surface area contributed by atoms with Crippen molar-refractivity contribution in [1.82, 2.24) is 0 Å². The fraction of sp³-hybridized carbons (Fsp3) is 0.917. The Morgan fingerprint density at radius 3 is 2.56 bits per heavy atom. The first-order valence-corrected chi connectivity index (χ1v) is 6.20. The van der Waals surface area contributed by atoms with Crippen LogP contribution in [0.5, 0.6) is 0 Å². The van der Waals surface area contributed by atoms with Crippen molar-refractivity contribution in [3.63, 3.8) is 0 Å². The van der Waals surface area contributed by atoms with E-state index < -0.39 is 6.16 Å². The molecule has 4 nitrogen and oxygen atoms in total. The second-order valence-electron chi connectivity index (χ2n) is 4.11. The van der Waals surface area contributed by atoms with Crippen molar-refractivity contribution in [2.75, 3.05) is 26.4 Å². The van der Waals surface area contributed by atoms with Gasteiger partial charge >= 0.3 is 6.16 Å². The van der Waals surface area contributed by atoms with Crippen molar-refractivity contribution in [3.05, 3.63) is 0 Å². The van der Waals surface area contributed by atoms with Gasteiger partial charge in [-0.2, -0.15) is 0 Å². The summed E-state index contributed by atoms with van der Waals surface area (Å²) in [6.45, 7) is 3.77. The van der Waals surface area contributed by atoms with Crippen molar-refractivity contribution in [2.24, 2.45) is 5.92 Å². The summed E-state index contributed by atoms with van der Waals surface area (Å²) in [6, 6.07) is 0. The number of hydrogen-bond acceptors (Lipinski definition) is 4. The summed E-state index contributed by atoms with van der Waals surface area (Å²) in [4.78, 5) is 11.1. The lowest BCUT2D eigenvalue weighted by Gasteiger charge is -2.20. The summed E-state index contributed by atoms with van der Waals surface area (Å²) in [7, 11) is 0. The molecule has 1 saturated carbocycles. The van der Waals surface area contributed by atoms with E-state index in [1.165, 1.54) is 32.1 Å². The Kier molecular flexibility index (Phi) is 6.97. The van der Waals surface area contributed by atoms with Gasteiger partial charge < -0.3 is 14.2 Å². The molecule has 0 amide bonds. The third kappa shape index (κ3) is 5.95. The Morgan fingerprint density at radius 2 is 1.88 bits per heavy atom. The van der Waals surface area contributed by atoms with Crippen molar-refractivity contribution < 1.29 is 19.0 Å². The molecule has 0 spiro atoms. The fourth-order valence-corrected chi connectivity index (χ4v) is 1.91. The largest absolute Gasteiger partial charge is 0.508 e. The van der Waals surface area contributed by atoms with E-state index >= 15 is 0 Å². The minimum absolute atomic E-state index is 0.275. The Morgan fingerprint density at radius 1 is 1.12 bits per heavy atom. The summed E-state index contributed by atoms with van der Waals surface area (Å²) in [6.07, 6.45) is 5.61. The predicted molar refractivity (Wildman–Crippen MR) is 60.4 cm³/mol. The molecule has 0 N–H and O–H groups in total. The molecule has 16 heavy (non-hydrogen) atoms. The fourth-order valence-electron chi connectivity index (χ4n) is 1.91. The highest BCUT2D eigenvalue weighted by atomic mass is 16.7. The van der Waals surface area contributed by atoms with Gasteiger partial charge in [-0.3, -0.25) is 0 Å². The first-order valence-electron chi connectivity index (χ1n) is 6.20. The molecule has 0 unspecified atom stereocenters. The maximum atomic E-state index is 11.1. The van der Waals surface area contributed by atoms with Gasteiger partial charge in [0.1, 0.15) is 6.61 Å².